The van der Waals surface area contributed by atoms with Gasteiger partial charge >= 0.3 is 0 Å². The molecule has 0 aromatic heterocycles. The van der Waals surface area contributed by atoms with Crippen molar-refractivity contribution in [2.24, 2.45) is 5.73 Å². The van der Waals surface area contributed by atoms with Crippen molar-refractivity contribution in [3.05, 3.63) is 19.2 Å². The fourth-order valence-corrected chi connectivity index (χ4v) is 0.0962. The summed E-state index contributed by atoms with van der Waals surface area (Å²) >= 11 is 0. The Kier molecular flexibility index (Phi) is 3.48. The number of hydrogen-bond donors (Lipinski definition) is 1. The van der Waals surface area contributed by atoms with Crippen molar-refractivity contribution in [2.45, 2.75) is 6.42 Å². The van der Waals surface area contributed by atoms with Crippen molar-refractivity contribution in [2.75, 3.05) is 0 Å². The van der Waals surface area contributed by atoms with Gasteiger partial charge in [0, 0.05) is 6.54 Å². The molecule has 0 aromatic rings. The molecule has 0 amide bonds. The van der Waals surface area contributed by atoms with E-state index in [0.717, 1.165) is 6.42 Å². The van der Waals surface area contributed by atoms with Crippen molar-refractivity contribution < 1.29 is 0 Å². The zero-order valence-corrected chi connectivity index (χ0v) is 3.15. The molecular formula is C4H8N. The van der Waals surface area contributed by atoms with Gasteiger partial charge in [-0.25, -0.2) is 0 Å². The van der Waals surface area contributed by atoms with E-state index < -0.39 is 0 Å². The van der Waals surface area contributed by atoms with Gasteiger partial charge in [-0.3, -0.25) is 0 Å². The summed E-state index contributed by atoms with van der Waals surface area (Å²) in [5, 5.41) is 0. The Hall–Kier alpha value is -0.300. The van der Waals surface area contributed by atoms with Gasteiger partial charge in [0.2, 0.25) is 0 Å². The van der Waals surface area contributed by atoms with Crippen molar-refractivity contribution in [3.8, 4) is 0 Å². The van der Waals surface area contributed by atoms with Crippen LogP contribution in [0.4, 0.5) is 0 Å². The second-order valence-electron chi connectivity index (χ2n) is 0.760. The summed E-state index contributed by atoms with van der Waals surface area (Å²) in [4.78, 5) is 0. The topological polar surface area (TPSA) is 26.0 Å². The van der Waals surface area contributed by atoms with Gasteiger partial charge in [-0.15, -0.1) is 6.58 Å². The first-order valence-corrected chi connectivity index (χ1v) is 1.56. The van der Waals surface area contributed by atoms with E-state index in [1.807, 2.05) is 0 Å². The predicted octanol–water partition coefficient (Wildman–Crippen LogP) is 0.683. The first-order valence-electron chi connectivity index (χ1n) is 1.56. The summed E-state index contributed by atoms with van der Waals surface area (Å²) < 4.78 is 0. The van der Waals surface area contributed by atoms with Gasteiger partial charge in [0.05, 0.1) is 0 Å². The van der Waals surface area contributed by atoms with Crippen LogP contribution in [0.5, 0.6) is 0 Å². The van der Waals surface area contributed by atoms with Gasteiger partial charge in [0.25, 0.3) is 0 Å². The lowest BCUT2D eigenvalue weighted by Crippen LogP contribution is -1.84. The zero-order valence-electron chi connectivity index (χ0n) is 3.15. The molecule has 0 bridgehead atoms. The van der Waals surface area contributed by atoms with Crippen LogP contribution < -0.4 is 5.73 Å². The van der Waals surface area contributed by atoms with Crippen LogP contribution in [-0.2, 0) is 0 Å². The Balaban J connectivity index is 2.40. The highest BCUT2D eigenvalue weighted by Crippen LogP contribution is 1.73. The number of rotatable bonds is 2. The summed E-state index contributed by atoms with van der Waals surface area (Å²) in [6.45, 7) is 5.00. The lowest BCUT2D eigenvalue weighted by atomic mass is 10.4. The summed E-state index contributed by atoms with van der Waals surface area (Å²) in [7, 11) is 0. The molecular weight excluding hydrogens is 62.1 g/mol. The molecule has 0 rings (SSSR count). The molecule has 1 heteroatoms. The van der Waals surface area contributed by atoms with Gasteiger partial charge in [0.1, 0.15) is 0 Å². The first kappa shape index (κ1) is 4.70. The van der Waals surface area contributed by atoms with E-state index in [9.17, 15) is 0 Å². The van der Waals surface area contributed by atoms with Gasteiger partial charge in [-0.2, -0.15) is 0 Å². The molecule has 0 saturated carbocycles. The lowest BCUT2D eigenvalue weighted by molar-refractivity contribution is 1.17. The van der Waals surface area contributed by atoms with Gasteiger partial charge in [-0.1, -0.05) is 6.08 Å². The molecule has 0 aliphatic rings. The predicted molar refractivity (Wildman–Crippen MR) is 23.3 cm³/mol. The molecule has 0 aliphatic carbocycles. The second-order valence-corrected chi connectivity index (χ2v) is 0.760. The molecule has 0 atom stereocenters. The molecule has 0 aromatic carbocycles. The van der Waals surface area contributed by atoms with E-state index in [2.05, 4.69) is 6.58 Å². The van der Waals surface area contributed by atoms with Crippen molar-refractivity contribution in [1.82, 2.24) is 0 Å². The van der Waals surface area contributed by atoms with Crippen LogP contribution in [0.1, 0.15) is 6.42 Å². The fourth-order valence-electron chi connectivity index (χ4n) is 0.0962. The Morgan fingerprint density at radius 2 is 2.40 bits per heavy atom. The third kappa shape index (κ3) is 3.70. The molecule has 1 radical (unpaired) electrons. The van der Waals surface area contributed by atoms with E-state index in [1.165, 1.54) is 0 Å². The lowest BCUT2D eigenvalue weighted by Gasteiger charge is -1.73. The fraction of sp³-hybridized carbons (Fsp3) is 0.250. The van der Waals surface area contributed by atoms with Crippen LogP contribution in [-0.4, -0.2) is 0 Å². The maximum absolute atomic E-state index is 4.94. The standard InChI is InChI=1S/C4H8N/c1-2-3-4-5/h2,4H,1,3,5H2. The van der Waals surface area contributed by atoms with Gasteiger partial charge in [0.15, 0.2) is 0 Å². The SMILES string of the molecule is C=CC[CH]N. The highest BCUT2D eigenvalue weighted by atomic mass is 14.5. The average Bonchev–Trinajstić information content (AvgIpc) is 1.41. The highest BCUT2D eigenvalue weighted by molar-refractivity contribution is 4.72. The molecule has 5 heavy (non-hydrogen) atoms. The Morgan fingerprint density at radius 1 is 1.80 bits per heavy atom. The maximum Gasteiger partial charge on any atom is 0.0230 e. The minimum atomic E-state index is 0.806. The van der Waals surface area contributed by atoms with Crippen molar-refractivity contribution in [3.63, 3.8) is 0 Å². The van der Waals surface area contributed by atoms with Crippen LogP contribution in [0.15, 0.2) is 12.7 Å². The smallest absolute Gasteiger partial charge is 0.0230 e. The molecule has 29 valence electrons. The van der Waals surface area contributed by atoms with E-state index in [1.54, 1.807) is 12.6 Å². The van der Waals surface area contributed by atoms with Crippen molar-refractivity contribution >= 4 is 0 Å². The average molecular weight is 70.1 g/mol. The molecule has 0 fully saturated rings. The van der Waals surface area contributed by atoms with E-state index in [-0.39, 0.29) is 0 Å². The normalized spacial score (nSPS) is 7.40. The van der Waals surface area contributed by atoms with E-state index >= 15 is 0 Å². The van der Waals surface area contributed by atoms with Crippen LogP contribution in [0.2, 0.25) is 0 Å². The van der Waals surface area contributed by atoms with Crippen molar-refractivity contribution in [1.29, 1.82) is 0 Å². The van der Waals surface area contributed by atoms with E-state index in [0.29, 0.717) is 0 Å². The monoisotopic (exact) mass is 70.1 g/mol. The minimum Gasteiger partial charge on any atom is -0.326 e. The van der Waals surface area contributed by atoms with Crippen LogP contribution >= 0.6 is 0 Å². The maximum atomic E-state index is 4.94. The minimum absolute atomic E-state index is 0.806. The third-order valence-corrected chi connectivity index (χ3v) is 0.303. The Bertz CT molecular complexity index is 24.8. The second kappa shape index (κ2) is 3.70. The highest BCUT2D eigenvalue weighted by Gasteiger charge is 1.62. The molecule has 0 saturated heterocycles. The number of hydrogen-bond acceptors (Lipinski definition) is 1. The van der Waals surface area contributed by atoms with Crippen LogP contribution in [0, 0.1) is 6.54 Å². The quantitative estimate of drug-likeness (QED) is 0.475. The molecule has 0 heterocycles. The first-order chi connectivity index (χ1) is 2.41. The van der Waals surface area contributed by atoms with Crippen LogP contribution in [0.3, 0.4) is 0 Å². The summed E-state index contributed by atoms with van der Waals surface area (Å²) in [6, 6.07) is 0. The summed E-state index contributed by atoms with van der Waals surface area (Å²) in [6.07, 6.45) is 2.56. The Labute approximate surface area is 32.5 Å². The Morgan fingerprint density at radius 3 is 2.40 bits per heavy atom. The number of nitrogens with two attached hydrogens (primary N) is 1. The van der Waals surface area contributed by atoms with Crippen LogP contribution in [0.25, 0.3) is 0 Å². The largest absolute Gasteiger partial charge is 0.326 e. The zero-order chi connectivity index (χ0) is 4.12. The van der Waals surface area contributed by atoms with Gasteiger partial charge < -0.3 is 5.73 Å². The molecule has 0 spiro atoms. The molecule has 0 aliphatic heterocycles. The summed E-state index contributed by atoms with van der Waals surface area (Å²) in [5.74, 6) is 0. The molecule has 0 unspecified atom stereocenters. The van der Waals surface area contributed by atoms with E-state index in [4.69, 9.17) is 5.73 Å². The summed E-state index contributed by atoms with van der Waals surface area (Å²) in [5.41, 5.74) is 4.94. The van der Waals surface area contributed by atoms with Gasteiger partial charge in [-0.05, 0) is 6.42 Å². The molecule has 2 N–H and O–H groups in total. The third-order valence-electron chi connectivity index (χ3n) is 0.303. The molecule has 1 nitrogen and oxygen atoms in total.